The SMILES string of the molecule is Nc1nc(-c2ccn[nH]2)c2cnn(Cc3cccc([N+](=O)[O-])c3)c2n1. The molecule has 4 rings (SSSR count). The summed E-state index contributed by atoms with van der Waals surface area (Å²) in [5.74, 6) is 0.109. The molecule has 0 bridgehead atoms. The van der Waals surface area contributed by atoms with Crippen molar-refractivity contribution < 1.29 is 4.92 Å². The molecule has 10 nitrogen and oxygen atoms in total. The number of H-pyrrole nitrogens is 1. The number of non-ortho nitro benzene ring substituents is 1. The second kappa shape index (κ2) is 5.67. The van der Waals surface area contributed by atoms with E-state index in [9.17, 15) is 10.1 Å². The standard InChI is InChI=1S/C15H12N8O2/c16-15-19-13(12-4-5-17-21-12)11-7-18-22(14(11)20-15)8-9-2-1-3-10(6-9)23(24)25/h1-7H,8H2,(H,17,21)(H2,16,19,20). The molecule has 3 aromatic heterocycles. The highest BCUT2D eigenvalue weighted by Gasteiger charge is 2.15. The number of nitrogens with one attached hydrogen (secondary N) is 1. The average Bonchev–Trinajstić information content (AvgIpc) is 3.25. The molecule has 124 valence electrons. The first kappa shape index (κ1) is 14.8. The lowest BCUT2D eigenvalue weighted by Crippen LogP contribution is -2.05. The number of aromatic nitrogens is 6. The van der Waals surface area contributed by atoms with Crippen LogP contribution in [-0.2, 0) is 6.54 Å². The molecule has 0 saturated carbocycles. The van der Waals surface area contributed by atoms with E-state index in [0.717, 1.165) is 5.56 Å². The lowest BCUT2D eigenvalue weighted by atomic mass is 10.2. The minimum atomic E-state index is -0.429. The molecule has 0 aliphatic rings. The first-order valence-corrected chi connectivity index (χ1v) is 7.34. The molecule has 0 atom stereocenters. The molecule has 25 heavy (non-hydrogen) atoms. The zero-order valence-corrected chi connectivity index (χ0v) is 12.8. The molecule has 0 unspecified atom stereocenters. The Balaban J connectivity index is 1.79. The Morgan fingerprint density at radius 2 is 2.16 bits per heavy atom. The monoisotopic (exact) mass is 336 g/mol. The number of rotatable bonds is 4. The summed E-state index contributed by atoms with van der Waals surface area (Å²) in [6.45, 7) is 0.323. The van der Waals surface area contributed by atoms with Crippen molar-refractivity contribution in [2.45, 2.75) is 6.54 Å². The summed E-state index contributed by atoms with van der Waals surface area (Å²) in [4.78, 5) is 19.0. The molecular formula is C15H12N8O2. The van der Waals surface area contributed by atoms with Crippen LogP contribution in [0.2, 0.25) is 0 Å². The van der Waals surface area contributed by atoms with Crippen LogP contribution >= 0.6 is 0 Å². The van der Waals surface area contributed by atoms with Crippen LogP contribution in [0.4, 0.5) is 11.6 Å². The lowest BCUT2D eigenvalue weighted by molar-refractivity contribution is -0.384. The second-order valence-electron chi connectivity index (χ2n) is 5.37. The summed E-state index contributed by atoms with van der Waals surface area (Å²) >= 11 is 0. The molecule has 3 heterocycles. The predicted octanol–water partition coefficient (Wildman–Crippen LogP) is 1.76. The maximum absolute atomic E-state index is 10.9. The molecule has 0 aliphatic carbocycles. The van der Waals surface area contributed by atoms with Gasteiger partial charge in [-0.15, -0.1) is 0 Å². The number of nitro benzene ring substituents is 1. The first-order valence-electron chi connectivity index (χ1n) is 7.34. The molecule has 0 aliphatic heterocycles. The molecular weight excluding hydrogens is 324 g/mol. The van der Waals surface area contributed by atoms with Crippen molar-refractivity contribution in [1.29, 1.82) is 0 Å². The Morgan fingerprint density at radius 3 is 2.92 bits per heavy atom. The Morgan fingerprint density at radius 1 is 1.28 bits per heavy atom. The van der Waals surface area contributed by atoms with Crippen molar-refractivity contribution in [3.8, 4) is 11.4 Å². The fourth-order valence-electron chi connectivity index (χ4n) is 2.62. The van der Waals surface area contributed by atoms with Gasteiger partial charge in [-0.2, -0.15) is 15.2 Å². The highest BCUT2D eigenvalue weighted by molar-refractivity contribution is 5.89. The van der Waals surface area contributed by atoms with Crippen LogP contribution in [0, 0.1) is 10.1 Å². The number of benzene rings is 1. The van der Waals surface area contributed by atoms with Gasteiger partial charge in [0, 0.05) is 18.3 Å². The van der Waals surface area contributed by atoms with E-state index >= 15 is 0 Å². The Bertz CT molecular complexity index is 1070. The predicted molar refractivity (Wildman–Crippen MR) is 89.5 cm³/mol. The maximum atomic E-state index is 10.9. The molecule has 0 saturated heterocycles. The zero-order valence-electron chi connectivity index (χ0n) is 12.8. The number of nitrogens with two attached hydrogens (primary N) is 1. The summed E-state index contributed by atoms with van der Waals surface area (Å²) in [5.41, 5.74) is 8.44. The third-order valence-corrected chi connectivity index (χ3v) is 3.72. The van der Waals surface area contributed by atoms with Crippen LogP contribution < -0.4 is 5.73 Å². The number of anilines is 1. The minimum absolute atomic E-state index is 0.0289. The van der Waals surface area contributed by atoms with Crippen molar-refractivity contribution in [2.75, 3.05) is 5.73 Å². The Labute approximate surface area is 140 Å². The smallest absolute Gasteiger partial charge is 0.269 e. The number of hydrogen-bond acceptors (Lipinski definition) is 7. The number of hydrogen-bond donors (Lipinski definition) is 2. The van der Waals surface area contributed by atoms with Crippen molar-refractivity contribution in [1.82, 2.24) is 29.9 Å². The van der Waals surface area contributed by atoms with Gasteiger partial charge in [0.2, 0.25) is 5.95 Å². The fraction of sp³-hybridized carbons (Fsp3) is 0.0667. The van der Waals surface area contributed by atoms with Crippen molar-refractivity contribution in [2.24, 2.45) is 0 Å². The minimum Gasteiger partial charge on any atom is -0.368 e. The summed E-state index contributed by atoms with van der Waals surface area (Å²) in [6, 6.07) is 8.16. The third kappa shape index (κ3) is 2.65. The van der Waals surface area contributed by atoms with Gasteiger partial charge in [-0.3, -0.25) is 15.2 Å². The van der Waals surface area contributed by atoms with Gasteiger partial charge in [0.25, 0.3) is 5.69 Å². The van der Waals surface area contributed by atoms with Crippen molar-refractivity contribution in [3.05, 3.63) is 58.4 Å². The summed E-state index contributed by atoms with van der Waals surface area (Å²) < 4.78 is 1.63. The summed E-state index contributed by atoms with van der Waals surface area (Å²) in [5, 5.41) is 22.7. The van der Waals surface area contributed by atoms with Crippen LogP contribution in [0.3, 0.4) is 0 Å². The van der Waals surface area contributed by atoms with Gasteiger partial charge < -0.3 is 5.73 Å². The molecule has 4 aromatic rings. The largest absolute Gasteiger partial charge is 0.368 e. The van der Waals surface area contributed by atoms with Crippen LogP contribution in [0.5, 0.6) is 0 Å². The van der Waals surface area contributed by atoms with E-state index in [2.05, 4.69) is 25.3 Å². The highest BCUT2D eigenvalue weighted by Crippen LogP contribution is 2.25. The quantitative estimate of drug-likeness (QED) is 0.427. The molecule has 0 spiro atoms. The number of nitro groups is 1. The first-order chi connectivity index (χ1) is 12.1. The van der Waals surface area contributed by atoms with E-state index < -0.39 is 4.92 Å². The number of fused-ring (bicyclic) bond motifs is 1. The van der Waals surface area contributed by atoms with Gasteiger partial charge in [-0.1, -0.05) is 12.1 Å². The van der Waals surface area contributed by atoms with Crippen molar-refractivity contribution >= 4 is 22.7 Å². The van der Waals surface area contributed by atoms with Gasteiger partial charge in [0.1, 0.15) is 5.69 Å². The summed E-state index contributed by atoms with van der Waals surface area (Å²) in [6.07, 6.45) is 3.26. The van der Waals surface area contributed by atoms with Gasteiger partial charge in [-0.05, 0) is 11.6 Å². The Kier molecular flexibility index (Phi) is 3.35. The van der Waals surface area contributed by atoms with Crippen LogP contribution in [0.15, 0.2) is 42.7 Å². The molecule has 0 fully saturated rings. The van der Waals surface area contributed by atoms with Crippen LogP contribution in [0.25, 0.3) is 22.4 Å². The number of nitrogens with zero attached hydrogens (tertiary/aromatic N) is 6. The topological polar surface area (TPSA) is 141 Å². The van der Waals surface area contributed by atoms with Crippen molar-refractivity contribution in [3.63, 3.8) is 0 Å². The van der Waals surface area contributed by atoms with E-state index in [1.54, 1.807) is 35.3 Å². The van der Waals surface area contributed by atoms with Gasteiger partial charge >= 0.3 is 0 Å². The molecule has 3 N–H and O–H groups in total. The zero-order chi connectivity index (χ0) is 17.4. The molecule has 10 heteroatoms. The molecule has 0 amide bonds. The van der Waals surface area contributed by atoms with Gasteiger partial charge in [0.15, 0.2) is 5.65 Å². The van der Waals surface area contributed by atoms with Gasteiger partial charge in [0.05, 0.1) is 28.7 Å². The maximum Gasteiger partial charge on any atom is 0.269 e. The van der Waals surface area contributed by atoms with E-state index in [4.69, 9.17) is 5.73 Å². The fourth-order valence-corrected chi connectivity index (χ4v) is 2.62. The average molecular weight is 336 g/mol. The normalized spacial score (nSPS) is 11.0. The highest BCUT2D eigenvalue weighted by atomic mass is 16.6. The molecule has 0 radical (unpaired) electrons. The van der Waals surface area contributed by atoms with Gasteiger partial charge in [-0.25, -0.2) is 9.67 Å². The number of nitrogen functional groups attached to an aromatic ring is 1. The van der Waals surface area contributed by atoms with E-state index in [0.29, 0.717) is 29.0 Å². The number of aromatic amines is 1. The lowest BCUT2D eigenvalue weighted by Gasteiger charge is -2.05. The third-order valence-electron chi connectivity index (χ3n) is 3.72. The van der Waals surface area contributed by atoms with E-state index in [1.807, 2.05) is 0 Å². The van der Waals surface area contributed by atoms with E-state index in [-0.39, 0.29) is 11.6 Å². The van der Waals surface area contributed by atoms with E-state index in [1.165, 1.54) is 12.1 Å². The second-order valence-corrected chi connectivity index (χ2v) is 5.37. The Hall–Kier alpha value is -3.82. The molecule has 1 aromatic carbocycles. The summed E-state index contributed by atoms with van der Waals surface area (Å²) in [7, 11) is 0. The van der Waals surface area contributed by atoms with Crippen LogP contribution in [0.1, 0.15) is 5.56 Å². The van der Waals surface area contributed by atoms with Crippen LogP contribution in [-0.4, -0.2) is 34.9 Å².